The molecule has 0 fully saturated rings. The van der Waals surface area contributed by atoms with Gasteiger partial charge in [-0.1, -0.05) is 6.07 Å². The van der Waals surface area contributed by atoms with Crippen molar-refractivity contribution in [3.63, 3.8) is 0 Å². The summed E-state index contributed by atoms with van der Waals surface area (Å²) in [5.74, 6) is 0.240. The Bertz CT molecular complexity index is 425. The molecule has 13 heavy (non-hydrogen) atoms. The van der Waals surface area contributed by atoms with Gasteiger partial charge in [-0.25, -0.2) is 4.68 Å². The predicted octanol–water partition coefficient (Wildman–Crippen LogP) is 2.34. The molecule has 0 aliphatic rings. The lowest BCUT2D eigenvalue weighted by atomic mass is 10.3. The van der Waals surface area contributed by atoms with Crippen LogP contribution in [-0.2, 0) is 0 Å². The summed E-state index contributed by atoms with van der Waals surface area (Å²) in [4.78, 5) is 0. The fraction of sp³-hybridized carbons (Fsp3) is 0. The van der Waals surface area contributed by atoms with E-state index in [2.05, 4.69) is 21.0 Å². The van der Waals surface area contributed by atoms with Crippen molar-refractivity contribution in [3.05, 3.63) is 41.1 Å². The molecule has 0 bridgehead atoms. The molecule has 0 unspecified atom stereocenters. The minimum atomic E-state index is 0.240. The van der Waals surface area contributed by atoms with E-state index in [1.54, 1.807) is 29.1 Å². The molecule has 3 nitrogen and oxygen atoms in total. The summed E-state index contributed by atoms with van der Waals surface area (Å²) in [5.41, 5.74) is 0.839. The maximum absolute atomic E-state index is 9.23. The molecule has 1 aromatic heterocycles. The molecule has 0 radical (unpaired) electrons. The molecule has 0 amide bonds. The summed E-state index contributed by atoms with van der Waals surface area (Å²) in [6.07, 6.45) is 3.53. The SMILES string of the molecule is Oc1cccc(-n2cc(Br)cn2)c1. The average molecular weight is 239 g/mol. The van der Waals surface area contributed by atoms with Crippen LogP contribution in [0.5, 0.6) is 5.75 Å². The fourth-order valence-electron chi connectivity index (χ4n) is 1.08. The highest BCUT2D eigenvalue weighted by atomic mass is 79.9. The first kappa shape index (κ1) is 8.31. The third-order valence-electron chi connectivity index (χ3n) is 1.65. The highest BCUT2D eigenvalue weighted by molar-refractivity contribution is 9.10. The van der Waals surface area contributed by atoms with E-state index in [9.17, 15) is 5.11 Å². The lowest BCUT2D eigenvalue weighted by Crippen LogP contribution is -1.92. The topological polar surface area (TPSA) is 38.0 Å². The first-order chi connectivity index (χ1) is 6.25. The van der Waals surface area contributed by atoms with Crippen LogP contribution in [0.2, 0.25) is 0 Å². The Kier molecular flexibility index (Phi) is 2.06. The van der Waals surface area contributed by atoms with Crippen molar-refractivity contribution in [2.24, 2.45) is 0 Å². The molecule has 0 saturated heterocycles. The van der Waals surface area contributed by atoms with Crippen LogP contribution in [0.4, 0.5) is 0 Å². The fourth-order valence-corrected chi connectivity index (χ4v) is 1.36. The van der Waals surface area contributed by atoms with E-state index in [4.69, 9.17) is 0 Å². The Hall–Kier alpha value is -1.29. The van der Waals surface area contributed by atoms with Crippen molar-refractivity contribution < 1.29 is 5.11 Å². The molecule has 1 heterocycles. The smallest absolute Gasteiger partial charge is 0.117 e. The van der Waals surface area contributed by atoms with Crippen molar-refractivity contribution >= 4 is 15.9 Å². The van der Waals surface area contributed by atoms with Gasteiger partial charge in [-0.05, 0) is 28.1 Å². The molecule has 2 aromatic rings. The Morgan fingerprint density at radius 2 is 2.23 bits per heavy atom. The van der Waals surface area contributed by atoms with Crippen molar-refractivity contribution in [1.29, 1.82) is 0 Å². The van der Waals surface area contributed by atoms with Crippen molar-refractivity contribution in [1.82, 2.24) is 9.78 Å². The second kappa shape index (κ2) is 3.22. The van der Waals surface area contributed by atoms with E-state index in [1.807, 2.05) is 12.3 Å². The summed E-state index contributed by atoms with van der Waals surface area (Å²) in [5, 5.41) is 13.3. The molecule has 1 N–H and O–H groups in total. The predicted molar refractivity (Wildman–Crippen MR) is 52.9 cm³/mol. The van der Waals surface area contributed by atoms with Crippen LogP contribution < -0.4 is 0 Å². The second-order valence-electron chi connectivity index (χ2n) is 2.62. The molecule has 4 heteroatoms. The third kappa shape index (κ3) is 1.72. The highest BCUT2D eigenvalue weighted by Crippen LogP contribution is 2.16. The summed E-state index contributed by atoms with van der Waals surface area (Å²) in [7, 11) is 0. The van der Waals surface area contributed by atoms with Crippen LogP contribution in [0.15, 0.2) is 41.1 Å². The van der Waals surface area contributed by atoms with Gasteiger partial charge in [0.05, 0.1) is 16.4 Å². The zero-order chi connectivity index (χ0) is 9.26. The molecule has 2 rings (SSSR count). The highest BCUT2D eigenvalue weighted by Gasteiger charge is 1.98. The van der Waals surface area contributed by atoms with Crippen LogP contribution in [0, 0.1) is 0 Å². The summed E-state index contributed by atoms with van der Waals surface area (Å²) >= 11 is 3.30. The maximum atomic E-state index is 9.23. The third-order valence-corrected chi connectivity index (χ3v) is 2.05. The van der Waals surface area contributed by atoms with Crippen LogP contribution in [0.3, 0.4) is 0 Å². The summed E-state index contributed by atoms with van der Waals surface area (Å²) in [6.45, 7) is 0. The van der Waals surface area contributed by atoms with E-state index in [1.165, 1.54) is 0 Å². The lowest BCUT2D eigenvalue weighted by Gasteiger charge is -2.00. The number of hydrogen-bond donors (Lipinski definition) is 1. The first-order valence-electron chi connectivity index (χ1n) is 3.75. The quantitative estimate of drug-likeness (QED) is 0.829. The number of phenolic OH excluding ortho intramolecular Hbond substituents is 1. The molecule has 1 aromatic carbocycles. The van der Waals surface area contributed by atoms with Crippen molar-refractivity contribution in [2.75, 3.05) is 0 Å². The zero-order valence-corrected chi connectivity index (χ0v) is 8.27. The molecular formula is C9H7BrN2O. The van der Waals surface area contributed by atoms with Gasteiger partial charge in [0.1, 0.15) is 5.75 Å². The lowest BCUT2D eigenvalue weighted by molar-refractivity contribution is 0.475. The van der Waals surface area contributed by atoms with E-state index < -0.39 is 0 Å². The van der Waals surface area contributed by atoms with E-state index in [0.717, 1.165) is 10.2 Å². The molecule has 0 saturated carbocycles. The number of benzene rings is 1. The monoisotopic (exact) mass is 238 g/mol. The van der Waals surface area contributed by atoms with Gasteiger partial charge in [0.15, 0.2) is 0 Å². The van der Waals surface area contributed by atoms with Crippen LogP contribution in [0.25, 0.3) is 5.69 Å². The second-order valence-corrected chi connectivity index (χ2v) is 3.54. The average Bonchev–Trinajstić information content (AvgIpc) is 2.52. The minimum Gasteiger partial charge on any atom is -0.508 e. The minimum absolute atomic E-state index is 0.240. The van der Waals surface area contributed by atoms with Gasteiger partial charge in [-0.15, -0.1) is 0 Å². The van der Waals surface area contributed by atoms with Gasteiger partial charge in [-0.3, -0.25) is 0 Å². The van der Waals surface area contributed by atoms with Crippen molar-refractivity contribution in [2.45, 2.75) is 0 Å². The van der Waals surface area contributed by atoms with Gasteiger partial charge in [0.25, 0.3) is 0 Å². The summed E-state index contributed by atoms with van der Waals surface area (Å²) in [6, 6.07) is 6.93. The molecular weight excluding hydrogens is 232 g/mol. The van der Waals surface area contributed by atoms with E-state index in [0.29, 0.717) is 0 Å². The molecule has 0 spiro atoms. The number of phenols is 1. The van der Waals surface area contributed by atoms with Gasteiger partial charge < -0.3 is 5.11 Å². The van der Waals surface area contributed by atoms with Crippen LogP contribution in [-0.4, -0.2) is 14.9 Å². The number of aromatic hydroxyl groups is 1. The van der Waals surface area contributed by atoms with Gasteiger partial charge in [0.2, 0.25) is 0 Å². The van der Waals surface area contributed by atoms with Gasteiger partial charge in [0, 0.05) is 12.3 Å². The molecule has 66 valence electrons. The van der Waals surface area contributed by atoms with Gasteiger partial charge in [-0.2, -0.15) is 5.10 Å². The van der Waals surface area contributed by atoms with Crippen molar-refractivity contribution in [3.8, 4) is 11.4 Å². The normalized spacial score (nSPS) is 10.2. The number of hydrogen-bond acceptors (Lipinski definition) is 2. The number of halogens is 1. The van der Waals surface area contributed by atoms with E-state index >= 15 is 0 Å². The van der Waals surface area contributed by atoms with E-state index in [-0.39, 0.29) is 5.75 Å². The Morgan fingerprint density at radius 1 is 1.38 bits per heavy atom. The molecule has 0 atom stereocenters. The first-order valence-corrected chi connectivity index (χ1v) is 4.54. The Labute approximate surface area is 83.8 Å². The van der Waals surface area contributed by atoms with Crippen LogP contribution in [0.1, 0.15) is 0 Å². The molecule has 0 aliphatic heterocycles. The maximum Gasteiger partial charge on any atom is 0.117 e. The largest absolute Gasteiger partial charge is 0.508 e. The summed E-state index contributed by atoms with van der Waals surface area (Å²) < 4.78 is 2.60. The standard InChI is InChI=1S/C9H7BrN2O/c10-7-5-11-12(6-7)8-2-1-3-9(13)4-8/h1-6,13H. The Morgan fingerprint density at radius 3 is 2.85 bits per heavy atom. The number of nitrogens with zero attached hydrogens (tertiary/aromatic N) is 2. The van der Waals surface area contributed by atoms with Gasteiger partial charge >= 0.3 is 0 Å². The number of rotatable bonds is 1. The molecule has 0 aliphatic carbocycles. The Balaban J connectivity index is 2.46. The zero-order valence-electron chi connectivity index (χ0n) is 6.68. The number of aromatic nitrogens is 2. The van der Waals surface area contributed by atoms with Crippen LogP contribution >= 0.6 is 15.9 Å².